The van der Waals surface area contributed by atoms with E-state index in [1.807, 2.05) is 0 Å². The van der Waals surface area contributed by atoms with Crippen LogP contribution in [0.1, 0.15) is 13.3 Å². The second-order valence-electron chi connectivity index (χ2n) is 5.51. The summed E-state index contributed by atoms with van der Waals surface area (Å²) < 4.78 is 0. The standard InChI is InChI=1S/C13H19N3O5S/c1-6(17)9-11(19)16-10(13(20)21)7(22-12(9)16)5-15(2)4-3-8(14)18/h6,9,12,17H,3-5H2,1-2H3,(H2,14,18)(H,20,21)/t6-,9+,12-/m1/s1. The van der Waals surface area contributed by atoms with Crippen LogP contribution in [-0.2, 0) is 14.4 Å². The zero-order chi connectivity index (χ0) is 16.6. The molecule has 0 aromatic carbocycles. The van der Waals surface area contributed by atoms with Crippen LogP contribution in [0.2, 0.25) is 0 Å². The van der Waals surface area contributed by atoms with E-state index >= 15 is 0 Å². The van der Waals surface area contributed by atoms with E-state index in [9.17, 15) is 24.6 Å². The Morgan fingerprint density at radius 1 is 1.50 bits per heavy atom. The molecule has 2 aliphatic rings. The number of carbonyl (C=O) groups excluding carboxylic acids is 2. The van der Waals surface area contributed by atoms with E-state index in [2.05, 4.69) is 0 Å². The molecule has 2 rings (SSSR count). The molecular weight excluding hydrogens is 310 g/mol. The maximum atomic E-state index is 12.0. The van der Waals surface area contributed by atoms with E-state index in [4.69, 9.17) is 5.73 Å². The van der Waals surface area contributed by atoms with Gasteiger partial charge in [-0.2, -0.15) is 0 Å². The number of carboxylic acid groups (broad SMARTS) is 1. The second-order valence-corrected chi connectivity index (χ2v) is 6.73. The number of hydrogen-bond donors (Lipinski definition) is 3. The Labute approximate surface area is 131 Å². The molecule has 2 aliphatic heterocycles. The summed E-state index contributed by atoms with van der Waals surface area (Å²) >= 11 is 1.29. The molecule has 22 heavy (non-hydrogen) atoms. The van der Waals surface area contributed by atoms with Gasteiger partial charge in [0.15, 0.2) is 0 Å². The fraction of sp³-hybridized carbons (Fsp3) is 0.615. The Morgan fingerprint density at radius 2 is 2.14 bits per heavy atom. The number of nitrogens with two attached hydrogens (primary N) is 1. The van der Waals surface area contributed by atoms with E-state index in [1.54, 1.807) is 11.9 Å². The van der Waals surface area contributed by atoms with Crippen molar-refractivity contribution in [2.24, 2.45) is 11.7 Å². The van der Waals surface area contributed by atoms with Crippen LogP contribution in [0.3, 0.4) is 0 Å². The second kappa shape index (κ2) is 6.27. The summed E-state index contributed by atoms with van der Waals surface area (Å²) in [6.45, 7) is 2.25. The Balaban J connectivity index is 2.11. The van der Waals surface area contributed by atoms with Gasteiger partial charge in [0, 0.05) is 24.4 Å². The molecule has 0 aromatic rings. The van der Waals surface area contributed by atoms with Crippen molar-refractivity contribution in [2.45, 2.75) is 24.8 Å². The zero-order valence-electron chi connectivity index (χ0n) is 12.4. The number of thioether (sulfide) groups is 1. The van der Waals surface area contributed by atoms with E-state index in [-0.39, 0.29) is 23.4 Å². The van der Waals surface area contributed by atoms with Gasteiger partial charge in [-0.1, -0.05) is 0 Å². The highest BCUT2D eigenvalue weighted by Crippen LogP contribution is 2.50. The van der Waals surface area contributed by atoms with Crippen LogP contribution in [0.25, 0.3) is 0 Å². The van der Waals surface area contributed by atoms with Crippen molar-refractivity contribution in [1.29, 1.82) is 0 Å². The number of hydrogen-bond acceptors (Lipinski definition) is 6. The van der Waals surface area contributed by atoms with E-state index in [1.165, 1.54) is 23.6 Å². The maximum Gasteiger partial charge on any atom is 0.353 e. The molecule has 0 radical (unpaired) electrons. The van der Waals surface area contributed by atoms with E-state index in [0.717, 1.165) is 0 Å². The predicted molar refractivity (Wildman–Crippen MR) is 79.4 cm³/mol. The smallest absolute Gasteiger partial charge is 0.353 e. The van der Waals surface area contributed by atoms with Gasteiger partial charge in [-0.25, -0.2) is 4.79 Å². The number of carboxylic acids is 1. The minimum Gasteiger partial charge on any atom is -0.477 e. The van der Waals surface area contributed by atoms with Crippen LogP contribution in [0, 0.1) is 5.92 Å². The highest BCUT2D eigenvalue weighted by Gasteiger charge is 2.57. The van der Waals surface area contributed by atoms with Crippen LogP contribution in [0.4, 0.5) is 0 Å². The lowest BCUT2D eigenvalue weighted by Gasteiger charge is -2.43. The normalized spacial score (nSPS) is 25.3. The number of aliphatic hydroxyl groups excluding tert-OH is 1. The maximum absolute atomic E-state index is 12.0. The lowest BCUT2D eigenvalue weighted by Crippen LogP contribution is -2.60. The Morgan fingerprint density at radius 3 is 2.64 bits per heavy atom. The zero-order valence-corrected chi connectivity index (χ0v) is 13.2. The van der Waals surface area contributed by atoms with Crippen LogP contribution < -0.4 is 5.73 Å². The highest BCUT2D eigenvalue weighted by molar-refractivity contribution is 8.04. The highest BCUT2D eigenvalue weighted by atomic mass is 32.2. The van der Waals surface area contributed by atoms with Gasteiger partial charge >= 0.3 is 5.97 Å². The molecule has 0 saturated carbocycles. The molecule has 8 nitrogen and oxygen atoms in total. The van der Waals surface area contributed by atoms with Crippen molar-refractivity contribution in [3.8, 4) is 0 Å². The third kappa shape index (κ3) is 2.96. The van der Waals surface area contributed by atoms with Gasteiger partial charge in [0.2, 0.25) is 11.8 Å². The first-order valence-corrected chi connectivity index (χ1v) is 7.73. The number of rotatable bonds is 7. The topological polar surface area (TPSA) is 124 Å². The summed E-state index contributed by atoms with van der Waals surface area (Å²) in [7, 11) is 1.75. The number of carbonyl (C=O) groups is 3. The van der Waals surface area contributed by atoms with Gasteiger partial charge in [-0.15, -0.1) is 11.8 Å². The number of β-lactam (4-membered cyclic amide) rings is 1. The number of likely N-dealkylation sites (N-methyl/N-ethyl adjacent to an activating group) is 1. The van der Waals surface area contributed by atoms with Gasteiger partial charge in [-0.05, 0) is 14.0 Å². The quantitative estimate of drug-likeness (QED) is 0.512. The SMILES string of the molecule is C[C@@H](O)[C@H]1C(=O)N2C(C(=O)O)=C(CN(C)CCC(N)=O)S[C@H]12. The summed E-state index contributed by atoms with van der Waals surface area (Å²) in [5.41, 5.74) is 5.07. The Bertz CT molecular complexity index is 548. The molecular formula is C13H19N3O5S. The number of primary amides is 1. The molecule has 9 heteroatoms. The number of fused-ring (bicyclic) bond motifs is 1. The molecule has 4 N–H and O–H groups in total. The third-order valence-electron chi connectivity index (χ3n) is 3.73. The van der Waals surface area contributed by atoms with Crippen molar-refractivity contribution < 1.29 is 24.6 Å². The van der Waals surface area contributed by atoms with E-state index < -0.39 is 23.9 Å². The molecule has 1 fully saturated rings. The molecule has 3 atom stereocenters. The lowest BCUT2D eigenvalue weighted by atomic mass is 9.92. The largest absolute Gasteiger partial charge is 0.477 e. The molecule has 2 heterocycles. The summed E-state index contributed by atoms with van der Waals surface area (Å²) in [4.78, 5) is 37.8. The number of aliphatic carboxylic acids is 1. The van der Waals surface area contributed by atoms with Crippen molar-refractivity contribution in [3.05, 3.63) is 10.6 Å². The first-order chi connectivity index (χ1) is 10.2. The van der Waals surface area contributed by atoms with Crippen molar-refractivity contribution in [1.82, 2.24) is 9.80 Å². The first kappa shape index (κ1) is 16.8. The van der Waals surface area contributed by atoms with Crippen molar-refractivity contribution in [3.63, 3.8) is 0 Å². The predicted octanol–water partition coefficient (Wildman–Crippen LogP) is -0.998. The minimum atomic E-state index is -1.16. The molecule has 0 bridgehead atoms. The molecule has 2 amide bonds. The molecule has 1 saturated heterocycles. The van der Waals surface area contributed by atoms with Crippen LogP contribution in [0.5, 0.6) is 0 Å². The van der Waals surface area contributed by atoms with E-state index in [0.29, 0.717) is 18.0 Å². The van der Waals surface area contributed by atoms with Crippen LogP contribution in [-0.4, -0.2) is 69.4 Å². The molecule has 0 aliphatic carbocycles. The van der Waals surface area contributed by atoms with Crippen molar-refractivity contribution >= 4 is 29.5 Å². The fourth-order valence-corrected chi connectivity index (χ4v) is 4.28. The van der Waals surface area contributed by atoms with Gasteiger partial charge in [0.1, 0.15) is 11.1 Å². The van der Waals surface area contributed by atoms with Crippen molar-refractivity contribution in [2.75, 3.05) is 20.1 Å². The fourth-order valence-electron chi connectivity index (χ4n) is 2.59. The minimum absolute atomic E-state index is 0.0252. The molecule has 0 aromatic heterocycles. The first-order valence-electron chi connectivity index (χ1n) is 6.85. The van der Waals surface area contributed by atoms with Gasteiger partial charge in [-0.3, -0.25) is 14.5 Å². The monoisotopic (exact) mass is 329 g/mol. The summed E-state index contributed by atoms with van der Waals surface area (Å²) in [5.74, 6) is -2.52. The third-order valence-corrected chi connectivity index (χ3v) is 5.08. The summed E-state index contributed by atoms with van der Waals surface area (Å²) in [6, 6.07) is 0. The summed E-state index contributed by atoms with van der Waals surface area (Å²) in [6.07, 6.45) is -0.637. The Hall–Kier alpha value is -1.58. The number of amides is 2. The van der Waals surface area contributed by atoms with Gasteiger partial charge < -0.3 is 20.8 Å². The summed E-state index contributed by atoms with van der Waals surface area (Å²) in [5, 5.41) is 18.6. The molecule has 0 spiro atoms. The van der Waals surface area contributed by atoms with Crippen LogP contribution in [0.15, 0.2) is 10.6 Å². The molecule has 122 valence electrons. The van der Waals surface area contributed by atoms with Crippen LogP contribution >= 0.6 is 11.8 Å². The molecule has 0 unspecified atom stereocenters. The van der Waals surface area contributed by atoms with Gasteiger partial charge in [0.05, 0.1) is 12.0 Å². The number of aliphatic hydroxyl groups is 1. The average molecular weight is 329 g/mol. The van der Waals surface area contributed by atoms with Gasteiger partial charge in [0.25, 0.3) is 0 Å². The Kier molecular flexibility index (Phi) is 4.78. The average Bonchev–Trinajstić information content (AvgIpc) is 2.70. The lowest BCUT2D eigenvalue weighted by molar-refractivity contribution is -0.156. The number of nitrogens with zero attached hydrogens (tertiary/aromatic N) is 2.